The minimum absolute atomic E-state index is 0.00568. The van der Waals surface area contributed by atoms with E-state index in [9.17, 15) is 22.8 Å². The molecule has 30 heavy (non-hydrogen) atoms. The fourth-order valence-corrected chi connectivity index (χ4v) is 3.63. The second-order valence-corrected chi connectivity index (χ2v) is 7.95. The van der Waals surface area contributed by atoms with Crippen LogP contribution in [0.25, 0.3) is 0 Å². The van der Waals surface area contributed by atoms with Crippen molar-refractivity contribution in [3.8, 4) is 0 Å². The summed E-state index contributed by atoms with van der Waals surface area (Å²) in [5, 5.41) is 2.66. The van der Waals surface area contributed by atoms with E-state index in [1.807, 2.05) is 0 Å². The van der Waals surface area contributed by atoms with Gasteiger partial charge in [0.05, 0.1) is 35.9 Å². The maximum absolute atomic E-state index is 12.7. The number of benzene rings is 2. The Morgan fingerprint density at radius 3 is 1.90 bits per heavy atom. The summed E-state index contributed by atoms with van der Waals surface area (Å²) >= 11 is 0. The van der Waals surface area contributed by atoms with Crippen LogP contribution >= 0.6 is 0 Å². The van der Waals surface area contributed by atoms with E-state index in [1.54, 1.807) is 12.1 Å². The third kappa shape index (κ3) is 6.05. The number of amides is 1. The monoisotopic (exact) mass is 434 g/mol. The first kappa shape index (κ1) is 22.9. The Hall–Kier alpha value is -3.40. The van der Waals surface area contributed by atoms with Crippen molar-refractivity contribution >= 4 is 33.6 Å². The first-order valence-electron chi connectivity index (χ1n) is 8.84. The lowest BCUT2D eigenvalue weighted by molar-refractivity contribution is -0.118. The quantitative estimate of drug-likeness (QED) is 0.606. The first-order chi connectivity index (χ1) is 14.2. The molecule has 0 aliphatic heterocycles. The van der Waals surface area contributed by atoms with Crippen molar-refractivity contribution in [1.29, 1.82) is 0 Å². The Kier molecular flexibility index (Phi) is 7.54. The molecule has 0 heterocycles. The van der Waals surface area contributed by atoms with Crippen LogP contribution in [-0.4, -0.2) is 47.0 Å². The molecule has 0 bridgehead atoms. The topological polar surface area (TPSA) is 128 Å². The summed E-state index contributed by atoms with van der Waals surface area (Å²) in [6.45, 7) is 1.86. The van der Waals surface area contributed by atoms with E-state index in [1.165, 1.54) is 51.5 Å². The smallest absolute Gasteiger partial charge is 0.337 e. The number of carbonyl (C=O) groups excluding carboxylic acids is 3. The lowest BCUT2D eigenvalue weighted by atomic mass is 10.1. The highest BCUT2D eigenvalue weighted by Crippen LogP contribution is 2.21. The van der Waals surface area contributed by atoms with Crippen LogP contribution < -0.4 is 10.0 Å². The second-order valence-electron chi connectivity index (χ2n) is 6.26. The van der Waals surface area contributed by atoms with E-state index < -0.39 is 22.0 Å². The molecule has 0 aliphatic carbocycles. The van der Waals surface area contributed by atoms with Crippen LogP contribution in [-0.2, 0) is 30.7 Å². The largest absolute Gasteiger partial charge is 0.465 e. The number of carbonyl (C=O) groups is 3. The summed E-state index contributed by atoms with van der Waals surface area (Å²) in [6.07, 6.45) is 0.553. The average molecular weight is 434 g/mol. The van der Waals surface area contributed by atoms with E-state index in [0.717, 1.165) is 5.56 Å². The Morgan fingerprint density at radius 2 is 1.43 bits per heavy atom. The van der Waals surface area contributed by atoms with Crippen LogP contribution in [0.15, 0.2) is 47.4 Å². The van der Waals surface area contributed by atoms with Gasteiger partial charge in [-0.3, -0.25) is 9.52 Å². The fraction of sp³-hybridized carbons (Fsp3) is 0.250. The first-order valence-corrected chi connectivity index (χ1v) is 10.3. The number of nitrogens with one attached hydrogen (secondary N) is 2. The molecule has 0 spiro atoms. The van der Waals surface area contributed by atoms with Crippen LogP contribution in [0.1, 0.15) is 33.2 Å². The molecule has 1 amide bonds. The highest BCUT2D eigenvalue weighted by molar-refractivity contribution is 7.92. The highest BCUT2D eigenvalue weighted by Gasteiger charge is 2.18. The lowest BCUT2D eigenvalue weighted by Gasteiger charge is -2.12. The number of anilines is 1. The number of hydrogen-bond donors (Lipinski definition) is 2. The summed E-state index contributed by atoms with van der Waals surface area (Å²) in [4.78, 5) is 34.6. The molecule has 0 saturated carbocycles. The molecule has 0 radical (unpaired) electrons. The number of esters is 2. The molecule has 160 valence electrons. The summed E-state index contributed by atoms with van der Waals surface area (Å²) in [5.41, 5.74) is 0.842. The summed E-state index contributed by atoms with van der Waals surface area (Å²) in [5.74, 6) is -1.60. The molecule has 2 rings (SSSR count). The normalized spacial score (nSPS) is 10.8. The van der Waals surface area contributed by atoms with Crippen molar-refractivity contribution in [2.45, 2.75) is 18.2 Å². The van der Waals surface area contributed by atoms with E-state index >= 15 is 0 Å². The van der Waals surface area contributed by atoms with Gasteiger partial charge in [0, 0.05) is 13.5 Å². The van der Waals surface area contributed by atoms with Gasteiger partial charge in [-0.1, -0.05) is 12.1 Å². The molecule has 0 atom stereocenters. The van der Waals surface area contributed by atoms with Gasteiger partial charge in [0.1, 0.15) is 0 Å². The van der Waals surface area contributed by atoms with E-state index in [2.05, 4.69) is 19.5 Å². The van der Waals surface area contributed by atoms with Crippen molar-refractivity contribution in [1.82, 2.24) is 5.32 Å². The number of rotatable bonds is 8. The minimum Gasteiger partial charge on any atom is -0.465 e. The van der Waals surface area contributed by atoms with Gasteiger partial charge in [-0.15, -0.1) is 0 Å². The van der Waals surface area contributed by atoms with Crippen LogP contribution in [0.4, 0.5) is 5.69 Å². The summed E-state index contributed by atoms with van der Waals surface area (Å²) in [6, 6.07) is 9.91. The second kappa shape index (κ2) is 9.88. The molecule has 2 aromatic rings. The molecular weight excluding hydrogens is 412 g/mol. The predicted octanol–water partition coefficient (Wildman–Crippen LogP) is 1.74. The standard InChI is InChI=1S/C20H22N2O7S/c1-13(23)21-9-8-14-4-6-18(7-5-14)30(26,27)22-17-11-15(19(24)28-2)10-16(12-17)20(25)29-3/h4-7,10-12,22H,8-9H2,1-3H3,(H,21,23). The Labute approximate surface area is 174 Å². The highest BCUT2D eigenvalue weighted by atomic mass is 32.2. The molecule has 0 saturated heterocycles. The van der Waals surface area contributed by atoms with E-state index in [-0.39, 0.29) is 27.6 Å². The minimum atomic E-state index is -3.99. The maximum Gasteiger partial charge on any atom is 0.337 e. The van der Waals surface area contributed by atoms with Gasteiger partial charge in [0.2, 0.25) is 5.91 Å². The molecule has 10 heteroatoms. The Bertz CT molecular complexity index is 1010. The van der Waals surface area contributed by atoms with Crippen molar-refractivity contribution in [3.05, 3.63) is 59.2 Å². The third-order valence-corrected chi connectivity index (χ3v) is 5.45. The number of methoxy groups -OCH3 is 2. The van der Waals surface area contributed by atoms with Gasteiger partial charge in [0.25, 0.3) is 10.0 Å². The van der Waals surface area contributed by atoms with Crippen LogP contribution in [0.5, 0.6) is 0 Å². The summed E-state index contributed by atoms with van der Waals surface area (Å²) < 4.78 is 37.1. The van der Waals surface area contributed by atoms with Crippen molar-refractivity contribution < 1.29 is 32.3 Å². The van der Waals surface area contributed by atoms with Crippen molar-refractivity contribution in [2.75, 3.05) is 25.5 Å². The van der Waals surface area contributed by atoms with Gasteiger partial charge < -0.3 is 14.8 Å². The van der Waals surface area contributed by atoms with Crippen molar-refractivity contribution in [2.24, 2.45) is 0 Å². The molecule has 0 unspecified atom stereocenters. The average Bonchev–Trinajstić information content (AvgIpc) is 2.72. The van der Waals surface area contributed by atoms with Gasteiger partial charge >= 0.3 is 11.9 Å². The SMILES string of the molecule is COC(=O)c1cc(NS(=O)(=O)c2ccc(CCNC(C)=O)cc2)cc(C(=O)OC)c1. The molecule has 9 nitrogen and oxygen atoms in total. The zero-order valence-electron chi connectivity index (χ0n) is 16.7. The maximum atomic E-state index is 12.7. The van der Waals surface area contributed by atoms with Crippen LogP contribution in [0.2, 0.25) is 0 Å². The van der Waals surface area contributed by atoms with Crippen LogP contribution in [0, 0.1) is 0 Å². The van der Waals surface area contributed by atoms with Crippen molar-refractivity contribution in [3.63, 3.8) is 0 Å². The number of sulfonamides is 1. The lowest BCUT2D eigenvalue weighted by Crippen LogP contribution is -2.22. The Balaban J connectivity index is 2.26. The van der Waals surface area contributed by atoms with Gasteiger partial charge in [-0.2, -0.15) is 0 Å². The van der Waals surface area contributed by atoms with E-state index in [0.29, 0.717) is 13.0 Å². The number of ether oxygens (including phenoxy) is 2. The van der Waals surface area contributed by atoms with Crippen LogP contribution in [0.3, 0.4) is 0 Å². The molecule has 2 N–H and O–H groups in total. The molecule has 0 fully saturated rings. The summed E-state index contributed by atoms with van der Waals surface area (Å²) in [7, 11) is -1.64. The molecule has 0 aliphatic rings. The zero-order chi connectivity index (χ0) is 22.3. The predicted molar refractivity (Wildman–Crippen MR) is 109 cm³/mol. The Morgan fingerprint density at radius 1 is 0.900 bits per heavy atom. The molecule has 0 aromatic heterocycles. The molecule has 2 aromatic carbocycles. The van der Waals surface area contributed by atoms with Gasteiger partial charge in [-0.25, -0.2) is 18.0 Å². The van der Waals surface area contributed by atoms with Gasteiger partial charge in [0.15, 0.2) is 0 Å². The zero-order valence-corrected chi connectivity index (χ0v) is 17.5. The van der Waals surface area contributed by atoms with Gasteiger partial charge in [-0.05, 0) is 42.3 Å². The fourth-order valence-electron chi connectivity index (χ4n) is 2.59. The molecular formula is C20H22N2O7S. The van der Waals surface area contributed by atoms with E-state index in [4.69, 9.17) is 0 Å². The third-order valence-electron chi connectivity index (χ3n) is 4.05. The number of hydrogen-bond acceptors (Lipinski definition) is 7.